The molecule has 1 aromatic carbocycles. The molecule has 2 aliphatic heterocycles. The maximum Gasteiger partial charge on any atom is 0.275 e. The van der Waals surface area contributed by atoms with Crippen LogP contribution in [0.25, 0.3) is 0 Å². The molecule has 1 aromatic rings. The van der Waals surface area contributed by atoms with E-state index in [1.807, 2.05) is 55.3 Å². The van der Waals surface area contributed by atoms with E-state index in [1.54, 1.807) is 17.8 Å². The number of rotatable bonds is 4. The summed E-state index contributed by atoms with van der Waals surface area (Å²) < 4.78 is 0. The van der Waals surface area contributed by atoms with Gasteiger partial charge in [-0.2, -0.15) is 0 Å². The smallest absolute Gasteiger partial charge is 0.275 e. The number of hydrogen-bond donors (Lipinski definition) is 1. The van der Waals surface area contributed by atoms with Crippen molar-refractivity contribution in [3.05, 3.63) is 76.4 Å². The van der Waals surface area contributed by atoms with Gasteiger partial charge in [0.25, 0.3) is 5.91 Å². The second kappa shape index (κ2) is 7.87. The topological polar surface area (TPSA) is 47.4 Å². The molecular weight excluding hydrogens is 362 g/mol. The average molecular weight is 382 g/mol. The van der Waals surface area contributed by atoms with E-state index >= 15 is 0 Å². The van der Waals surface area contributed by atoms with Crippen LogP contribution < -0.4 is 4.90 Å². The molecule has 0 unspecified atom stereocenters. The molecule has 0 saturated carbocycles. The van der Waals surface area contributed by atoms with Crippen molar-refractivity contribution in [3.63, 3.8) is 0 Å². The van der Waals surface area contributed by atoms with Crippen molar-refractivity contribution in [2.24, 2.45) is 0 Å². The maximum atomic E-state index is 12.8. The third-order valence-electron chi connectivity index (χ3n) is 3.95. The van der Waals surface area contributed by atoms with Gasteiger partial charge < -0.3 is 4.90 Å². The molecule has 132 valence electrons. The number of amides is 1. The highest BCUT2D eigenvalue weighted by Gasteiger charge is 2.33. The number of amidine groups is 1. The number of carbonyl (C=O) groups excluding carboxylic acids is 1. The second-order valence-electron chi connectivity index (χ2n) is 5.66. The number of carbonyl (C=O) groups is 1. The second-order valence-corrected chi connectivity index (χ2v) is 7.69. The molecule has 0 atom stereocenters. The molecule has 0 aromatic heterocycles. The van der Waals surface area contributed by atoms with E-state index in [9.17, 15) is 4.79 Å². The predicted molar refractivity (Wildman–Crippen MR) is 111 cm³/mol. The Kier molecular flexibility index (Phi) is 5.57. The summed E-state index contributed by atoms with van der Waals surface area (Å²) in [6, 6.07) is 8.08. The fourth-order valence-electron chi connectivity index (χ4n) is 2.53. The lowest BCUT2D eigenvalue weighted by Crippen LogP contribution is -2.30. The Morgan fingerprint density at radius 3 is 2.81 bits per heavy atom. The van der Waals surface area contributed by atoms with Crippen LogP contribution in [0.2, 0.25) is 0 Å². The van der Waals surface area contributed by atoms with Gasteiger partial charge in [-0.1, -0.05) is 60.5 Å². The zero-order valence-corrected chi connectivity index (χ0v) is 16.3. The van der Waals surface area contributed by atoms with E-state index < -0.39 is 0 Å². The monoisotopic (exact) mass is 381 g/mol. The SMILES string of the molecule is C=C/C(=C\C=C/C)CN1C(=N)SC(=C=C2Sc3ccccc3N2C)C1=O. The van der Waals surface area contributed by atoms with Crippen molar-refractivity contribution >= 4 is 40.3 Å². The molecule has 0 bridgehead atoms. The first-order valence-electron chi connectivity index (χ1n) is 8.09. The lowest BCUT2D eigenvalue weighted by atomic mass is 10.2. The van der Waals surface area contributed by atoms with E-state index in [2.05, 4.69) is 18.4 Å². The highest BCUT2D eigenvalue weighted by Crippen LogP contribution is 2.45. The van der Waals surface area contributed by atoms with Crippen LogP contribution in [-0.2, 0) is 4.79 Å². The van der Waals surface area contributed by atoms with Gasteiger partial charge in [0.2, 0.25) is 0 Å². The van der Waals surface area contributed by atoms with Crippen LogP contribution in [0.15, 0.2) is 81.3 Å². The molecule has 3 rings (SSSR count). The van der Waals surface area contributed by atoms with Crippen LogP contribution in [0.5, 0.6) is 0 Å². The molecule has 4 nitrogen and oxygen atoms in total. The van der Waals surface area contributed by atoms with Crippen LogP contribution in [0.4, 0.5) is 5.69 Å². The van der Waals surface area contributed by atoms with Gasteiger partial charge in [0.1, 0.15) is 9.93 Å². The van der Waals surface area contributed by atoms with Crippen molar-refractivity contribution < 1.29 is 4.79 Å². The number of para-hydroxylation sites is 1. The first-order valence-corrected chi connectivity index (χ1v) is 9.72. The van der Waals surface area contributed by atoms with Crippen LogP contribution in [0, 0.1) is 5.41 Å². The summed E-state index contributed by atoms with van der Waals surface area (Å²) >= 11 is 2.74. The third-order valence-corrected chi connectivity index (χ3v) is 5.98. The Hall–Kier alpha value is -2.40. The van der Waals surface area contributed by atoms with Gasteiger partial charge in [-0.3, -0.25) is 15.1 Å². The summed E-state index contributed by atoms with van der Waals surface area (Å²) in [6.45, 7) is 6.05. The number of hydrogen-bond acceptors (Lipinski definition) is 5. The number of benzene rings is 1. The predicted octanol–water partition coefficient (Wildman–Crippen LogP) is 4.75. The highest BCUT2D eigenvalue weighted by atomic mass is 32.2. The van der Waals surface area contributed by atoms with Gasteiger partial charge in [0, 0.05) is 11.9 Å². The van der Waals surface area contributed by atoms with Gasteiger partial charge in [0.15, 0.2) is 5.17 Å². The molecule has 2 aliphatic rings. The molecule has 1 N–H and O–H groups in total. The standard InChI is InChI=1S/C20H19N3OS2/c1-4-6-9-14(5-2)13-23-19(24)17(26-20(23)21)12-18-22(3)15-10-7-8-11-16(15)25-18/h4-11,21H,2,13H2,1,3H3/b6-4-,14-9+,21-20?. The number of anilines is 1. The summed E-state index contributed by atoms with van der Waals surface area (Å²) in [7, 11) is 1.96. The molecular formula is C20H19N3OS2. The Morgan fingerprint density at radius 2 is 2.12 bits per heavy atom. The number of nitrogens with one attached hydrogen (secondary N) is 1. The summed E-state index contributed by atoms with van der Waals surface area (Å²) in [5.74, 6) is -0.189. The molecule has 0 aliphatic carbocycles. The minimum Gasteiger partial charge on any atom is -0.332 e. The fourth-order valence-corrected chi connectivity index (χ4v) is 4.44. The number of allylic oxidation sites excluding steroid dienone is 3. The lowest BCUT2D eigenvalue weighted by Gasteiger charge is -2.14. The van der Waals surface area contributed by atoms with E-state index in [0.717, 1.165) is 32.9 Å². The Bertz CT molecular complexity index is 907. The van der Waals surface area contributed by atoms with Crippen molar-refractivity contribution in [2.75, 3.05) is 18.5 Å². The Labute approximate surface area is 162 Å². The van der Waals surface area contributed by atoms with Crippen molar-refractivity contribution in [1.29, 1.82) is 5.41 Å². The normalized spacial score (nSPS) is 17.4. The van der Waals surface area contributed by atoms with Crippen LogP contribution in [0.1, 0.15) is 6.92 Å². The van der Waals surface area contributed by atoms with Gasteiger partial charge in [-0.05, 0) is 36.4 Å². The van der Waals surface area contributed by atoms with Crippen LogP contribution >= 0.6 is 23.5 Å². The summed E-state index contributed by atoms with van der Waals surface area (Å²) in [5, 5.41) is 9.25. The molecule has 1 fully saturated rings. The molecule has 0 spiro atoms. The van der Waals surface area contributed by atoms with Gasteiger partial charge >= 0.3 is 0 Å². The first kappa shape index (κ1) is 18.4. The molecule has 1 saturated heterocycles. The zero-order chi connectivity index (χ0) is 18.7. The molecule has 2 heterocycles. The minimum atomic E-state index is -0.189. The van der Waals surface area contributed by atoms with Crippen molar-refractivity contribution in [3.8, 4) is 0 Å². The molecule has 0 radical (unpaired) electrons. The Morgan fingerprint density at radius 1 is 1.35 bits per heavy atom. The van der Waals surface area contributed by atoms with Gasteiger partial charge in [-0.25, -0.2) is 0 Å². The number of nitrogens with zero attached hydrogens (tertiary/aromatic N) is 2. The third kappa shape index (κ3) is 3.58. The summed E-state index contributed by atoms with van der Waals surface area (Å²) in [6.07, 6.45) is 7.42. The fraction of sp³-hybridized carbons (Fsp3) is 0.150. The average Bonchev–Trinajstić information content (AvgIpc) is 3.10. The van der Waals surface area contributed by atoms with E-state index in [-0.39, 0.29) is 11.1 Å². The molecule has 26 heavy (non-hydrogen) atoms. The lowest BCUT2D eigenvalue weighted by molar-refractivity contribution is -0.122. The molecule has 6 heteroatoms. The number of thioether (sulfide) groups is 2. The van der Waals surface area contributed by atoms with E-state index in [1.165, 1.54) is 4.90 Å². The quantitative estimate of drug-likeness (QED) is 0.464. The van der Waals surface area contributed by atoms with Crippen molar-refractivity contribution in [2.45, 2.75) is 11.8 Å². The number of fused-ring (bicyclic) bond motifs is 1. The highest BCUT2D eigenvalue weighted by molar-refractivity contribution is 8.18. The van der Waals surface area contributed by atoms with Crippen LogP contribution in [-0.4, -0.2) is 29.6 Å². The van der Waals surface area contributed by atoms with Crippen molar-refractivity contribution in [1.82, 2.24) is 4.90 Å². The van der Waals surface area contributed by atoms with Gasteiger partial charge in [0.05, 0.1) is 12.2 Å². The zero-order valence-electron chi connectivity index (χ0n) is 14.7. The van der Waals surface area contributed by atoms with E-state index in [4.69, 9.17) is 5.41 Å². The minimum absolute atomic E-state index is 0.189. The molecule has 1 amide bonds. The van der Waals surface area contributed by atoms with Gasteiger partial charge in [-0.15, -0.1) is 0 Å². The summed E-state index contributed by atoms with van der Waals surface area (Å²) in [4.78, 5) is 17.8. The first-order chi connectivity index (χ1) is 12.5. The maximum absolute atomic E-state index is 12.8. The van der Waals surface area contributed by atoms with Crippen LogP contribution in [0.3, 0.4) is 0 Å². The largest absolute Gasteiger partial charge is 0.332 e. The summed E-state index contributed by atoms with van der Waals surface area (Å²) in [5.41, 5.74) is 5.20. The van der Waals surface area contributed by atoms with E-state index in [0.29, 0.717) is 11.4 Å². The Balaban J connectivity index is 1.88.